The third kappa shape index (κ3) is 4.81. The third-order valence-corrected chi connectivity index (χ3v) is 6.30. The average Bonchev–Trinajstić information content (AvgIpc) is 2.66. The molecule has 0 amide bonds. The van der Waals surface area contributed by atoms with Crippen LogP contribution in [0.3, 0.4) is 0 Å². The van der Waals surface area contributed by atoms with E-state index in [-0.39, 0.29) is 0 Å². The fraction of sp³-hybridized carbons (Fsp3) is 0.565. The lowest BCUT2D eigenvalue weighted by molar-refractivity contribution is -0.137. The topological polar surface area (TPSA) is 0 Å². The summed E-state index contributed by atoms with van der Waals surface area (Å²) >= 11 is 0. The number of rotatable bonds is 4. The van der Waals surface area contributed by atoms with Gasteiger partial charge in [0, 0.05) is 0 Å². The molecule has 0 spiro atoms. The largest absolute Gasteiger partial charge is 0.416 e. The van der Waals surface area contributed by atoms with Crippen molar-refractivity contribution < 1.29 is 13.2 Å². The Balaban J connectivity index is 1.54. The maximum absolute atomic E-state index is 12.7. The summed E-state index contributed by atoms with van der Waals surface area (Å²) in [5.41, 5.74) is 1.61. The van der Waals surface area contributed by atoms with E-state index in [1.54, 1.807) is 12.1 Å². The summed E-state index contributed by atoms with van der Waals surface area (Å²) in [4.78, 5) is 0. The average molecular weight is 362 g/mol. The summed E-state index contributed by atoms with van der Waals surface area (Å²) in [5.74, 6) is 2.46. The Morgan fingerprint density at radius 2 is 1.65 bits per heavy atom. The Morgan fingerprint density at radius 1 is 0.962 bits per heavy atom. The minimum absolute atomic E-state index is 0.565. The molecule has 0 bridgehead atoms. The zero-order valence-electron chi connectivity index (χ0n) is 15.6. The summed E-state index contributed by atoms with van der Waals surface area (Å²) in [6, 6.07) is 5.66. The first kappa shape index (κ1) is 19.3. The van der Waals surface area contributed by atoms with Gasteiger partial charge in [-0.2, -0.15) is 13.2 Å². The van der Waals surface area contributed by atoms with Gasteiger partial charge >= 0.3 is 6.18 Å². The van der Waals surface area contributed by atoms with Crippen LogP contribution in [0.1, 0.15) is 69.4 Å². The highest BCUT2D eigenvalue weighted by Crippen LogP contribution is 2.42. The molecule has 3 heteroatoms. The Bertz CT molecular complexity index is 628. The Hall–Kier alpha value is -1.51. The van der Waals surface area contributed by atoms with Crippen LogP contribution in [0.2, 0.25) is 0 Å². The molecule has 1 aromatic rings. The van der Waals surface area contributed by atoms with Gasteiger partial charge in [-0.15, -0.1) is 0 Å². The molecule has 1 fully saturated rings. The van der Waals surface area contributed by atoms with E-state index in [9.17, 15) is 13.2 Å². The summed E-state index contributed by atoms with van der Waals surface area (Å²) in [6.45, 7) is 2.09. The number of halogens is 3. The lowest BCUT2D eigenvalue weighted by Crippen LogP contribution is -2.23. The molecule has 0 saturated heterocycles. The summed E-state index contributed by atoms with van der Waals surface area (Å²) in [5, 5.41) is 0. The highest BCUT2D eigenvalue weighted by Gasteiger charge is 2.31. The number of alkyl halides is 3. The van der Waals surface area contributed by atoms with Crippen molar-refractivity contribution in [3.63, 3.8) is 0 Å². The van der Waals surface area contributed by atoms with Crippen molar-refractivity contribution in [1.82, 2.24) is 0 Å². The molecule has 0 nitrogen and oxygen atoms in total. The van der Waals surface area contributed by atoms with Crippen molar-refractivity contribution in [2.24, 2.45) is 17.8 Å². The van der Waals surface area contributed by atoms with Crippen molar-refractivity contribution in [1.29, 1.82) is 0 Å². The molecular weight excluding hydrogens is 333 g/mol. The molecule has 0 aliphatic heterocycles. The first-order valence-electron chi connectivity index (χ1n) is 9.95. The number of hydrogen-bond donors (Lipinski definition) is 0. The van der Waals surface area contributed by atoms with Crippen LogP contribution in [0.5, 0.6) is 0 Å². The van der Waals surface area contributed by atoms with E-state index in [4.69, 9.17) is 0 Å². The number of benzene rings is 1. The van der Waals surface area contributed by atoms with Gasteiger partial charge < -0.3 is 0 Å². The van der Waals surface area contributed by atoms with Crippen LogP contribution in [-0.2, 0) is 6.18 Å². The maximum atomic E-state index is 12.7. The molecule has 1 saturated carbocycles. The summed E-state index contributed by atoms with van der Waals surface area (Å²) < 4.78 is 38.1. The first-order chi connectivity index (χ1) is 12.5. The molecular formula is C23H29F3. The molecule has 1 unspecified atom stereocenters. The van der Waals surface area contributed by atoms with Gasteiger partial charge in [-0.05, 0) is 99.3 Å². The molecule has 26 heavy (non-hydrogen) atoms. The van der Waals surface area contributed by atoms with E-state index in [1.807, 2.05) is 0 Å². The molecule has 2 aliphatic rings. The van der Waals surface area contributed by atoms with Gasteiger partial charge in [-0.3, -0.25) is 0 Å². The van der Waals surface area contributed by atoms with Gasteiger partial charge in [0.25, 0.3) is 0 Å². The number of hydrogen-bond acceptors (Lipinski definition) is 0. The van der Waals surface area contributed by atoms with Crippen molar-refractivity contribution >= 4 is 5.57 Å². The van der Waals surface area contributed by atoms with Gasteiger partial charge in [0.1, 0.15) is 0 Å². The van der Waals surface area contributed by atoms with Crippen LogP contribution >= 0.6 is 0 Å². The molecule has 1 atom stereocenters. The van der Waals surface area contributed by atoms with E-state index in [2.05, 4.69) is 25.2 Å². The normalized spacial score (nSPS) is 27.5. The van der Waals surface area contributed by atoms with Crippen LogP contribution in [-0.4, -0.2) is 0 Å². The highest BCUT2D eigenvalue weighted by atomic mass is 19.4. The molecule has 2 aliphatic carbocycles. The fourth-order valence-electron chi connectivity index (χ4n) is 4.64. The first-order valence-corrected chi connectivity index (χ1v) is 9.95. The van der Waals surface area contributed by atoms with Crippen LogP contribution < -0.4 is 0 Å². The zero-order valence-corrected chi connectivity index (χ0v) is 15.6. The van der Waals surface area contributed by atoms with E-state index >= 15 is 0 Å². The summed E-state index contributed by atoms with van der Waals surface area (Å²) in [7, 11) is 0. The molecule has 3 rings (SSSR count). The minimum atomic E-state index is -4.25. The van der Waals surface area contributed by atoms with Crippen molar-refractivity contribution in [3.05, 3.63) is 53.6 Å². The van der Waals surface area contributed by atoms with Crippen LogP contribution in [0, 0.1) is 17.8 Å². The second kappa shape index (κ2) is 8.45. The van der Waals surface area contributed by atoms with Gasteiger partial charge in [0.05, 0.1) is 5.56 Å². The van der Waals surface area contributed by atoms with Crippen molar-refractivity contribution in [3.8, 4) is 0 Å². The van der Waals surface area contributed by atoms with Crippen LogP contribution in [0.25, 0.3) is 5.57 Å². The second-order valence-electron chi connectivity index (χ2n) is 7.92. The maximum Gasteiger partial charge on any atom is 0.416 e. The lowest BCUT2D eigenvalue weighted by Gasteiger charge is -2.35. The van der Waals surface area contributed by atoms with E-state index < -0.39 is 11.7 Å². The zero-order chi connectivity index (χ0) is 18.6. The van der Waals surface area contributed by atoms with Crippen LogP contribution in [0.15, 0.2) is 42.5 Å². The molecule has 0 aromatic heterocycles. The molecule has 0 N–H and O–H groups in total. The SMILES string of the molecule is C/C=C/CC1CCC(C2CC=C(c3ccc(C(F)(F)F)cc3)CC2)CC1. The third-order valence-electron chi connectivity index (χ3n) is 6.30. The standard InChI is InChI=1S/C23H29F3/c1-2-3-4-17-5-7-18(8-6-17)19-9-11-20(12-10-19)21-13-15-22(16-14-21)23(24,25)26/h2-3,11,13-19H,4-10,12H2,1H3/b3-2+. The van der Waals surface area contributed by atoms with Gasteiger partial charge in [-0.25, -0.2) is 0 Å². The predicted molar refractivity (Wildman–Crippen MR) is 102 cm³/mol. The Labute approximate surface area is 155 Å². The van der Waals surface area contributed by atoms with Gasteiger partial charge in [0.2, 0.25) is 0 Å². The minimum Gasteiger partial charge on any atom is -0.166 e. The quantitative estimate of drug-likeness (QED) is 0.482. The Kier molecular flexibility index (Phi) is 6.26. The number of allylic oxidation sites excluding steroid dienone is 4. The monoisotopic (exact) mass is 362 g/mol. The van der Waals surface area contributed by atoms with Crippen molar-refractivity contribution in [2.45, 2.75) is 64.5 Å². The fourth-order valence-corrected chi connectivity index (χ4v) is 4.64. The Morgan fingerprint density at radius 3 is 2.19 bits per heavy atom. The smallest absolute Gasteiger partial charge is 0.166 e. The highest BCUT2D eigenvalue weighted by molar-refractivity contribution is 5.66. The van der Waals surface area contributed by atoms with E-state index in [0.29, 0.717) is 0 Å². The van der Waals surface area contributed by atoms with E-state index in [1.165, 1.54) is 56.2 Å². The van der Waals surface area contributed by atoms with Gasteiger partial charge in [-0.1, -0.05) is 30.4 Å². The second-order valence-corrected chi connectivity index (χ2v) is 7.92. The van der Waals surface area contributed by atoms with E-state index in [0.717, 1.165) is 36.2 Å². The molecule has 0 heterocycles. The van der Waals surface area contributed by atoms with Crippen LogP contribution in [0.4, 0.5) is 13.2 Å². The molecule has 1 aromatic carbocycles. The predicted octanol–water partition coefficient (Wildman–Crippen LogP) is 7.66. The van der Waals surface area contributed by atoms with Gasteiger partial charge in [0.15, 0.2) is 0 Å². The summed E-state index contributed by atoms with van der Waals surface area (Å²) in [6.07, 6.45) is 12.3. The van der Waals surface area contributed by atoms with Crippen molar-refractivity contribution in [2.75, 3.05) is 0 Å². The molecule has 0 radical (unpaired) electrons. The molecule has 142 valence electrons. The lowest BCUT2D eigenvalue weighted by atomic mass is 9.70.